The van der Waals surface area contributed by atoms with Gasteiger partial charge in [-0.2, -0.15) is 4.31 Å². The average molecular weight is 539 g/mol. The van der Waals surface area contributed by atoms with E-state index >= 15 is 0 Å². The highest BCUT2D eigenvalue weighted by atomic mass is 35.5. The van der Waals surface area contributed by atoms with Crippen LogP contribution in [0, 0.1) is 0 Å². The van der Waals surface area contributed by atoms with Gasteiger partial charge < -0.3 is 15.1 Å². The Morgan fingerprint density at radius 1 is 1.06 bits per heavy atom. The minimum absolute atomic E-state index is 0.00164. The third-order valence-electron chi connectivity index (χ3n) is 6.26. The molecule has 0 atom stereocenters. The molecule has 1 fully saturated rings. The molecule has 1 N–H and O–H groups in total. The van der Waals surface area contributed by atoms with Crippen molar-refractivity contribution in [3.63, 3.8) is 0 Å². The normalized spacial score (nSPS) is 16.6. The van der Waals surface area contributed by atoms with Crippen molar-refractivity contribution in [3.05, 3.63) is 63.6 Å². The van der Waals surface area contributed by atoms with Crippen LogP contribution in [-0.4, -0.2) is 87.3 Å². The van der Waals surface area contributed by atoms with Crippen LogP contribution >= 0.6 is 23.2 Å². The molecule has 4 rings (SSSR count). The fourth-order valence-electron chi connectivity index (χ4n) is 4.18. The number of nitrogens with one attached hydrogen (secondary N) is 1. The first-order chi connectivity index (χ1) is 16.8. The monoisotopic (exact) mass is 537 g/mol. The molecule has 0 aromatic heterocycles. The van der Waals surface area contributed by atoms with Crippen molar-refractivity contribution in [2.24, 2.45) is 4.99 Å². The van der Waals surface area contributed by atoms with Gasteiger partial charge in [0, 0.05) is 51.9 Å². The first kappa shape index (κ1) is 25.8. The summed E-state index contributed by atoms with van der Waals surface area (Å²) in [5.41, 5.74) is 2.23. The van der Waals surface area contributed by atoms with E-state index in [1.54, 1.807) is 17.0 Å². The molecule has 2 heterocycles. The maximum atomic E-state index is 13.0. The number of sulfonamides is 1. The molecule has 0 bridgehead atoms. The lowest BCUT2D eigenvalue weighted by molar-refractivity contribution is 0.128. The standard InChI is InChI=1S/C24H29Cl2N5O3S/c1-29(35(33,34)21-5-2-4-20(25)22(21)26)16-17-31-14-3-13-30(24(31)32)15-10-18-6-8-19(9-7-18)23-27-11-12-28-23/h2,4-9H,3,10-17H2,1H3,(H,27,28). The number of halogens is 2. The molecule has 2 aliphatic heterocycles. The van der Waals surface area contributed by atoms with E-state index in [9.17, 15) is 13.2 Å². The molecule has 0 unspecified atom stereocenters. The van der Waals surface area contributed by atoms with Gasteiger partial charge in [-0.25, -0.2) is 13.2 Å². The predicted octanol–water partition coefficient (Wildman–Crippen LogP) is 3.33. The third kappa shape index (κ3) is 5.91. The Bertz CT molecular complexity index is 1200. The van der Waals surface area contributed by atoms with E-state index in [0.717, 1.165) is 42.9 Å². The van der Waals surface area contributed by atoms with Crippen molar-refractivity contribution >= 4 is 45.1 Å². The van der Waals surface area contributed by atoms with Crippen molar-refractivity contribution in [1.29, 1.82) is 0 Å². The van der Waals surface area contributed by atoms with Crippen LogP contribution < -0.4 is 5.32 Å². The Kier molecular flexibility index (Phi) is 8.21. The molecule has 188 valence electrons. The Balaban J connectivity index is 1.31. The number of carbonyl (C=O) groups excluding carboxylic acids is 1. The molecule has 2 aromatic rings. The van der Waals surface area contributed by atoms with E-state index in [1.807, 2.05) is 4.90 Å². The van der Waals surface area contributed by atoms with Crippen LogP contribution in [0.5, 0.6) is 0 Å². The van der Waals surface area contributed by atoms with Crippen LogP contribution in [0.2, 0.25) is 10.0 Å². The number of hydrogen-bond donors (Lipinski definition) is 1. The number of urea groups is 1. The summed E-state index contributed by atoms with van der Waals surface area (Å²) in [6.07, 6.45) is 1.59. The van der Waals surface area contributed by atoms with Crippen LogP contribution in [0.25, 0.3) is 0 Å². The smallest absolute Gasteiger partial charge is 0.320 e. The average Bonchev–Trinajstić information content (AvgIpc) is 3.39. The van der Waals surface area contributed by atoms with Gasteiger partial charge in [-0.3, -0.25) is 4.99 Å². The summed E-state index contributed by atoms with van der Waals surface area (Å²) < 4.78 is 27.1. The lowest BCUT2D eigenvalue weighted by atomic mass is 10.1. The van der Waals surface area contributed by atoms with E-state index in [2.05, 4.69) is 34.6 Å². The first-order valence-electron chi connectivity index (χ1n) is 11.6. The van der Waals surface area contributed by atoms with Crippen molar-refractivity contribution in [3.8, 4) is 0 Å². The van der Waals surface area contributed by atoms with Gasteiger partial charge in [-0.05, 0) is 30.5 Å². The number of carbonyl (C=O) groups is 1. The molecule has 11 heteroatoms. The lowest BCUT2D eigenvalue weighted by Crippen LogP contribution is -2.51. The van der Waals surface area contributed by atoms with Crippen LogP contribution in [-0.2, 0) is 16.4 Å². The minimum atomic E-state index is -3.83. The number of amides is 2. The largest absolute Gasteiger partial charge is 0.368 e. The number of benzene rings is 2. The van der Waals surface area contributed by atoms with Crippen LogP contribution in [0.1, 0.15) is 17.5 Å². The van der Waals surface area contributed by atoms with Crippen LogP contribution in [0.15, 0.2) is 52.4 Å². The zero-order chi connectivity index (χ0) is 25.0. The molecule has 2 amide bonds. The molecule has 2 aromatic carbocycles. The summed E-state index contributed by atoms with van der Waals surface area (Å²) in [4.78, 5) is 21.0. The van der Waals surface area contributed by atoms with Gasteiger partial charge in [-0.15, -0.1) is 0 Å². The van der Waals surface area contributed by atoms with Gasteiger partial charge in [0.1, 0.15) is 10.7 Å². The lowest BCUT2D eigenvalue weighted by Gasteiger charge is -2.36. The predicted molar refractivity (Wildman–Crippen MR) is 139 cm³/mol. The van der Waals surface area contributed by atoms with Gasteiger partial charge >= 0.3 is 6.03 Å². The van der Waals surface area contributed by atoms with Crippen molar-refractivity contribution in [1.82, 2.24) is 19.4 Å². The second-order valence-corrected chi connectivity index (χ2v) is 11.4. The van der Waals surface area contributed by atoms with Crippen molar-refractivity contribution in [2.75, 3.05) is 52.9 Å². The van der Waals surface area contributed by atoms with E-state index in [1.165, 1.54) is 17.4 Å². The summed E-state index contributed by atoms with van der Waals surface area (Å²) >= 11 is 12.1. The SMILES string of the molecule is CN(CCN1CCCN(CCc2ccc(C3=NCCN3)cc2)C1=O)S(=O)(=O)c1cccc(Cl)c1Cl. The highest BCUT2D eigenvalue weighted by Crippen LogP contribution is 2.30. The molecule has 35 heavy (non-hydrogen) atoms. The molecule has 0 aliphatic carbocycles. The fourth-order valence-corrected chi connectivity index (χ4v) is 6.07. The summed E-state index contributed by atoms with van der Waals surface area (Å²) in [5.74, 6) is 0.933. The molecule has 1 saturated heterocycles. The van der Waals surface area contributed by atoms with Gasteiger partial charge in [-0.1, -0.05) is 53.5 Å². The number of amidine groups is 1. The van der Waals surface area contributed by atoms with E-state index in [4.69, 9.17) is 23.2 Å². The molecule has 0 spiro atoms. The van der Waals surface area contributed by atoms with E-state index in [0.29, 0.717) is 26.2 Å². The topological polar surface area (TPSA) is 85.3 Å². The zero-order valence-electron chi connectivity index (χ0n) is 19.6. The summed E-state index contributed by atoms with van der Waals surface area (Å²) in [6.45, 7) is 4.05. The second-order valence-electron chi connectivity index (χ2n) is 8.59. The Hall–Kier alpha value is -2.33. The number of aliphatic imine (C=N–C) groups is 1. The molecule has 8 nitrogen and oxygen atoms in total. The molecule has 2 aliphatic rings. The molecular formula is C24H29Cl2N5O3S. The number of rotatable bonds is 9. The Morgan fingerprint density at radius 2 is 1.77 bits per heavy atom. The fraction of sp³-hybridized carbons (Fsp3) is 0.417. The van der Waals surface area contributed by atoms with Gasteiger partial charge in [0.05, 0.1) is 16.6 Å². The van der Waals surface area contributed by atoms with E-state index in [-0.39, 0.29) is 27.5 Å². The van der Waals surface area contributed by atoms with Gasteiger partial charge in [0.15, 0.2) is 0 Å². The van der Waals surface area contributed by atoms with Crippen molar-refractivity contribution in [2.45, 2.75) is 17.7 Å². The second kappa shape index (κ2) is 11.2. The maximum Gasteiger partial charge on any atom is 0.320 e. The highest BCUT2D eigenvalue weighted by molar-refractivity contribution is 7.89. The quantitative estimate of drug-likeness (QED) is 0.531. The summed E-state index contributed by atoms with van der Waals surface area (Å²) in [5, 5.41) is 3.45. The summed E-state index contributed by atoms with van der Waals surface area (Å²) in [6, 6.07) is 12.7. The minimum Gasteiger partial charge on any atom is -0.368 e. The van der Waals surface area contributed by atoms with Crippen molar-refractivity contribution < 1.29 is 13.2 Å². The van der Waals surface area contributed by atoms with E-state index < -0.39 is 10.0 Å². The first-order valence-corrected chi connectivity index (χ1v) is 13.8. The Morgan fingerprint density at radius 3 is 2.46 bits per heavy atom. The zero-order valence-corrected chi connectivity index (χ0v) is 21.9. The van der Waals surface area contributed by atoms with Crippen LogP contribution in [0.4, 0.5) is 4.79 Å². The Labute approximate surface area is 216 Å². The molecule has 0 radical (unpaired) electrons. The molecule has 0 saturated carbocycles. The maximum absolute atomic E-state index is 13.0. The van der Waals surface area contributed by atoms with Gasteiger partial charge in [0.2, 0.25) is 10.0 Å². The molecular weight excluding hydrogens is 509 g/mol. The van der Waals surface area contributed by atoms with Gasteiger partial charge in [0.25, 0.3) is 0 Å². The summed E-state index contributed by atoms with van der Waals surface area (Å²) in [7, 11) is -2.35. The highest BCUT2D eigenvalue weighted by Gasteiger charge is 2.28. The number of nitrogens with zero attached hydrogens (tertiary/aromatic N) is 4. The number of hydrogen-bond acceptors (Lipinski definition) is 5. The number of likely N-dealkylation sites (N-methyl/N-ethyl adjacent to an activating group) is 1. The van der Waals surface area contributed by atoms with Crippen LogP contribution in [0.3, 0.4) is 0 Å². The third-order valence-corrected chi connectivity index (χ3v) is 9.09.